The van der Waals surface area contributed by atoms with Crippen LogP contribution in [0.4, 0.5) is 0 Å². The minimum Gasteiger partial charge on any atom is -0.375 e. The Morgan fingerprint density at radius 2 is 0.909 bits per heavy atom. The van der Waals surface area contributed by atoms with Crippen LogP contribution in [0, 0.1) is 0 Å². The number of likely N-dealkylation sites (N-methyl/N-ethyl adjacent to an activating group) is 1. The van der Waals surface area contributed by atoms with Crippen molar-refractivity contribution in [2.24, 2.45) is 0 Å². The molecule has 0 fully saturated rings. The molecule has 0 saturated carbocycles. The maximum Gasteiger partial charge on any atom is 0.0794 e. The van der Waals surface area contributed by atoms with E-state index in [0.29, 0.717) is 6.61 Å². The van der Waals surface area contributed by atoms with E-state index in [1.165, 1.54) is 44.5 Å². The van der Waals surface area contributed by atoms with Gasteiger partial charge < -0.3 is 9.64 Å². The third-order valence-corrected chi connectivity index (χ3v) is 7.27. The molecule has 164 valence electrons. The maximum absolute atomic E-state index is 6.91. The third-order valence-electron chi connectivity index (χ3n) is 7.27. The van der Waals surface area contributed by atoms with Gasteiger partial charge in [0.25, 0.3) is 0 Å². The van der Waals surface area contributed by atoms with Gasteiger partial charge in [-0.15, -0.1) is 0 Å². The Morgan fingerprint density at radius 1 is 0.576 bits per heavy atom. The van der Waals surface area contributed by atoms with Crippen LogP contribution in [0.25, 0.3) is 22.3 Å². The highest BCUT2D eigenvalue weighted by molar-refractivity contribution is 5.82. The second-order valence-electron chi connectivity index (χ2n) is 9.44. The summed E-state index contributed by atoms with van der Waals surface area (Å²) in [5.41, 5.74) is 10.9. The largest absolute Gasteiger partial charge is 0.375 e. The van der Waals surface area contributed by atoms with Gasteiger partial charge in [0.15, 0.2) is 0 Å². The fourth-order valence-corrected chi connectivity index (χ4v) is 5.85. The van der Waals surface area contributed by atoms with Gasteiger partial charge in [-0.05, 0) is 58.6 Å². The minimum atomic E-state index is 0.0135. The molecule has 2 aliphatic rings. The van der Waals surface area contributed by atoms with Gasteiger partial charge in [0.1, 0.15) is 0 Å². The van der Waals surface area contributed by atoms with Gasteiger partial charge in [-0.1, -0.05) is 97.1 Å². The Labute approximate surface area is 196 Å². The molecular formula is C31H29NO. The molecule has 4 aromatic carbocycles. The molecule has 4 aromatic rings. The quantitative estimate of drug-likeness (QED) is 0.343. The number of fused-ring (bicyclic) bond motifs is 6. The Bertz CT molecular complexity index is 1120. The van der Waals surface area contributed by atoms with Crippen molar-refractivity contribution < 1.29 is 4.74 Å². The highest BCUT2D eigenvalue weighted by atomic mass is 16.5. The topological polar surface area (TPSA) is 12.5 Å². The smallest absolute Gasteiger partial charge is 0.0794 e. The summed E-state index contributed by atoms with van der Waals surface area (Å²) in [6.45, 7) is 1.61. The van der Waals surface area contributed by atoms with Gasteiger partial charge in [0, 0.05) is 18.4 Å². The molecule has 0 N–H and O–H groups in total. The van der Waals surface area contributed by atoms with E-state index in [2.05, 4.69) is 116 Å². The molecule has 0 aliphatic heterocycles. The zero-order chi connectivity index (χ0) is 22.4. The molecule has 0 heterocycles. The van der Waals surface area contributed by atoms with Crippen molar-refractivity contribution in [3.8, 4) is 22.3 Å². The molecule has 0 saturated heterocycles. The molecule has 2 heteroatoms. The van der Waals surface area contributed by atoms with Crippen molar-refractivity contribution in [1.82, 2.24) is 4.90 Å². The number of ether oxygens (including phenoxy) is 1. The van der Waals surface area contributed by atoms with Crippen molar-refractivity contribution in [3.05, 3.63) is 119 Å². The van der Waals surface area contributed by atoms with Crippen molar-refractivity contribution in [2.45, 2.75) is 17.9 Å². The van der Waals surface area contributed by atoms with Gasteiger partial charge >= 0.3 is 0 Å². The van der Waals surface area contributed by atoms with Crippen molar-refractivity contribution in [1.29, 1.82) is 0 Å². The molecule has 0 atom stereocenters. The van der Waals surface area contributed by atoms with Crippen LogP contribution < -0.4 is 0 Å². The van der Waals surface area contributed by atoms with Crippen LogP contribution >= 0.6 is 0 Å². The van der Waals surface area contributed by atoms with E-state index in [0.717, 1.165) is 6.54 Å². The molecule has 2 aliphatic carbocycles. The Hall–Kier alpha value is -3.20. The van der Waals surface area contributed by atoms with Crippen molar-refractivity contribution in [2.75, 3.05) is 27.2 Å². The molecule has 33 heavy (non-hydrogen) atoms. The first kappa shape index (κ1) is 20.4. The monoisotopic (exact) mass is 431 g/mol. The predicted molar refractivity (Wildman–Crippen MR) is 136 cm³/mol. The summed E-state index contributed by atoms with van der Waals surface area (Å²) in [5.74, 6) is 0.396. The molecule has 2 nitrogen and oxygen atoms in total. The van der Waals surface area contributed by atoms with E-state index in [1.54, 1.807) is 0 Å². The van der Waals surface area contributed by atoms with Crippen LogP contribution in [0.5, 0.6) is 0 Å². The highest BCUT2D eigenvalue weighted by Gasteiger charge is 2.43. The number of nitrogens with zero attached hydrogens (tertiary/aromatic N) is 1. The lowest BCUT2D eigenvalue weighted by atomic mass is 9.79. The summed E-state index contributed by atoms with van der Waals surface area (Å²) in [6, 6.07) is 35.6. The second kappa shape index (κ2) is 8.30. The van der Waals surface area contributed by atoms with E-state index in [1.807, 2.05) is 0 Å². The summed E-state index contributed by atoms with van der Waals surface area (Å²) in [7, 11) is 4.22. The van der Waals surface area contributed by atoms with Crippen LogP contribution in [0.2, 0.25) is 0 Å². The first-order valence-electron chi connectivity index (χ1n) is 11.9. The van der Waals surface area contributed by atoms with Crippen LogP contribution in [-0.4, -0.2) is 38.3 Å². The lowest BCUT2D eigenvalue weighted by molar-refractivity contribution is 0.0252. The molecule has 0 radical (unpaired) electrons. The number of benzene rings is 4. The summed E-state index contributed by atoms with van der Waals surface area (Å²) in [6.07, 6.45) is 0.0135. The maximum atomic E-state index is 6.91. The zero-order valence-electron chi connectivity index (χ0n) is 19.2. The van der Waals surface area contributed by atoms with Crippen molar-refractivity contribution in [3.63, 3.8) is 0 Å². The molecule has 0 bridgehead atoms. The summed E-state index contributed by atoms with van der Waals surface area (Å²) in [5, 5.41) is 0. The third kappa shape index (κ3) is 3.33. The summed E-state index contributed by atoms with van der Waals surface area (Å²) < 4.78 is 6.91. The lowest BCUT2D eigenvalue weighted by Crippen LogP contribution is -2.32. The van der Waals surface area contributed by atoms with Crippen molar-refractivity contribution >= 4 is 0 Å². The van der Waals surface area contributed by atoms with Crippen LogP contribution in [0.15, 0.2) is 97.1 Å². The van der Waals surface area contributed by atoms with E-state index >= 15 is 0 Å². The van der Waals surface area contributed by atoms with E-state index < -0.39 is 0 Å². The fraction of sp³-hybridized carbons (Fsp3) is 0.226. The fourth-order valence-electron chi connectivity index (χ4n) is 5.85. The van der Waals surface area contributed by atoms with E-state index in [4.69, 9.17) is 4.74 Å². The van der Waals surface area contributed by atoms with Gasteiger partial charge in [-0.2, -0.15) is 0 Å². The number of hydrogen-bond donors (Lipinski definition) is 0. The Balaban J connectivity index is 1.53. The second-order valence-corrected chi connectivity index (χ2v) is 9.44. The van der Waals surface area contributed by atoms with Crippen LogP contribution in [-0.2, 0) is 4.74 Å². The normalized spacial score (nSPS) is 14.4. The molecule has 0 amide bonds. The summed E-state index contributed by atoms with van der Waals surface area (Å²) in [4.78, 5) is 2.20. The number of rotatable bonds is 6. The van der Waals surface area contributed by atoms with Gasteiger partial charge in [-0.3, -0.25) is 0 Å². The average Bonchev–Trinajstić information content (AvgIpc) is 3.36. The van der Waals surface area contributed by atoms with Crippen LogP contribution in [0.3, 0.4) is 0 Å². The van der Waals surface area contributed by atoms with E-state index in [9.17, 15) is 0 Å². The zero-order valence-corrected chi connectivity index (χ0v) is 19.2. The SMILES string of the molecule is CN(C)CCOC(C1c2ccccc2-c2ccccc21)C1c2ccccc2-c2ccccc21. The average molecular weight is 432 g/mol. The van der Waals surface area contributed by atoms with E-state index in [-0.39, 0.29) is 17.9 Å². The van der Waals surface area contributed by atoms with Gasteiger partial charge in [0.2, 0.25) is 0 Å². The minimum absolute atomic E-state index is 0.0135. The molecule has 0 spiro atoms. The standard InChI is InChI=1S/C31H29NO/c1-32(2)19-20-33-31(29-25-15-7-3-11-21(25)22-12-4-8-16-26(22)29)30-27-17-9-5-13-23(27)24-14-6-10-18-28(24)30/h3-18,29-31H,19-20H2,1-2H3. The molecule has 0 unspecified atom stereocenters. The first-order chi connectivity index (χ1) is 16.2. The van der Waals surface area contributed by atoms with Gasteiger partial charge in [0.05, 0.1) is 12.7 Å². The first-order valence-corrected chi connectivity index (χ1v) is 11.9. The molecule has 0 aromatic heterocycles. The number of hydrogen-bond acceptors (Lipinski definition) is 2. The van der Waals surface area contributed by atoms with Crippen LogP contribution in [0.1, 0.15) is 34.1 Å². The molecular weight excluding hydrogens is 402 g/mol. The highest BCUT2D eigenvalue weighted by Crippen LogP contribution is 2.54. The lowest BCUT2D eigenvalue weighted by Gasteiger charge is -2.32. The van der Waals surface area contributed by atoms with Gasteiger partial charge in [-0.25, -0.2) is 0 Å². The summed E-state index contributed by atoms with van der Waals surface area (Å²) >= 11 is 0. The Morgan fingerprint density at radius 3 is 1.24 bits per heavy atom. The Kier molecular flexibility index (Phi) is 5.13. The predicted octanol–water partition coefficient (Wildman–Crippen LogP) is 6.56. The molecule has 6 rings (SSSR count).